The second-order valence-electron chi connectivity index (χ2n) is 7.25. The van der Waals surface area contributed by atoms with Crippen LogP contribution in [0.5, 0.6) is 11.6 Å². The van der Waals surface area contributed by atoms with E-state index in [1.54, 1.807) is 37.2 Å². The molecule has 1 atom stereocenters. The van der Waals surface area contributed by atoms with Gasteiger partial charge in [-0.25, -0.2) is 8.42 Å². The summed E-state index contributed by atoms with van der Waals surface area (Å²) in [5.74, 6) is 0.994. The van der Waals surface area contributed by atoms with Gasteiger partial charge in [0, 0.05) is 50.3 Å². The molecule has 2 heterocycles. The van der Waals surface area contributed by atoms with Gasteiger partial charge in [0.2, 0.25) is 5.88 Å². The molecule has 1 amide bonds. The summed E-state index contributed by atoms with van der Waals surface area (Å²) in [7, 11) is 0.0288. The number of nitrogens with zero attached hydrogens (tertiary/aromatic N) is 3. The van der Waals surface area contributed by atoms with Crippen molar-refractivity contribution in [2.75, 3.05) is 30.6 Å². The Morgan fingerprint density at radius 1 is 1.16 bits per heavy atom. The summed E-state index contributed by atoms with van der Waals surface area (Å²) in [6, 6.07) is 10.7. The van der Waals surface area contributed by atoms with Crippen LogP contribution in [-0.4, -0.2) is 55.1 Å². The van der Waals surface area contributed by atoms with E-state index in [4.69, 9.17) is 9.47 Å². The number of methoxy groups -OCH3 is 1. The largest absolute Gasteiger partial charge is 0.439 e. The molecule has 2 N–H and O–H groups in total. The summed E-state index contributed by atoms with van der Waals surface area (Å²) in [6.07, 6.45) is 2.85. The average molecular weight is 460 g/mol. The maximum atomic E-state index is 12.8. The summed E-state index contributed by atoms with van der Waals surface area (Å²) in [6.45, 7) is 2.35. The van der Waals surface area contributed by atoms with Crippen molar-refractivity contribution in [1.29, 1.82) is 0 Å². The molecule has 0 radical (unpaired) electrons. The molecular weight excluding hydrogens is 434 g/mol. The Bertz CT molecular complexity index is 1190. The molecule has 0 fully saturated rings. The minimum atomic E-state index is -3.32. The first-order chi connectivity index (χ1) is 15.1. The lowest BCUT2D eigenvalue weighted by Gasteiger charge is -2.15. The van der Waals surface area contributed by atoms with E-state index in [-0.39, 0.29) is 22.7 Å². The normalized spacial score (nSPS) is 12.2. The number of anilines is 2. The van der Waals surface area contributed by atoms with Gasteiger partial charge in [-0.2, -0.15) is 10.1 Å². The molecular formula is C21H25N5O5S. The zero-order chi connectivity index (χ0) is 23.3. The lowest BCUT2D eigenvalue weighted by atomic mass is 10.2. The van der Waals surface area contributed by atoms with E-state index in [0.717, 1.165) is 6.26 Å². The van der Waals surface area contributed by atoms with Gasteiger partial charge in [0.15, 0.2) is 15.7 Å². The highest BCUT2D eigenvalue weighted by Gasteiger charge is 2.15. The van der Waals surface area contributed by atoms with Crippen molar-refractivity contribution in [1.82, 2.24) is 14.8 Å². The van der Waals surface area contributed by atoms with Gasteiger partial charge in [-0.05, 0) is 37.3 Å². The Kier molecular flexibility index (Phi) is 7.11. The Morgan fingerprint density at radius 2 is 1.88 bits per heavy atom. The zero-order valence-electron chi connectivity index (χ0n) is 18.2. The van der Waals surface area contributed by atoms with Crippen molar-refractivity contribution in [3.8, 4) is 11.6 Å². The Morgan fingerprint density at radius 3 is 2.47 bits per heavy atom. The fourth-order valence-corrected chi connectivity index (χ4v) is 3.48. The number of carbonyl (C=O) groups excluding carboxylic acids is 1. The van der Waals surface area contributed by atoms with Gasteiger partial charge in [0.05, 0.1) is 11.5 Å². The van der Waals surface area contributed by atoms with Gasteiger partial charge in [-0.3, -0.25) is 9.48 Å². The van der Waals surface area contributed by atoms with Crippen LogP contribution >= 0.6 is 0 Å². The van der Waals surface area contributed by atoms with Gasteiger partial charge in [-0.15, -0.1) is 0 Å². The molecule has 11 heteroatoms. The fourth-order valence-electron chi connectivity index (χ4n) is 2.85. The van der Waals surface area contributed by atoms with Gasteiger partial charge in [-0.1, -0.05) is 0 Å². The Balaban J connectivity index is 1.87. The van der Waals surface area contributed by atoms with Gasteiger partial charge in [0.25, 0.3) is 5.91 Å². The molecule has 170 valence electrons. The number of aromatic nitrogens is 3. The molecule has 0 bridgehead atoms. The van der Waals surface area contributed by atoms with Crippen molar-refractivity contribution in [2.45, 2.75) is 17.9 Å². The molecule has 0 aliphatic carbocycles. The van der Waals surface area contributed by atoms with Crippen LogP contribution in [0.15, 0.2) is 53.6 Å². The number of aryl methyl sites for hydroxylation is 1. The minimum absolute atomic E-state index is 0.0662. The van der Waals surface area contributed by atoms with E-state index >= 15 is 0 Å². The van der Waals surface area contributed by atoms with Crippen LogP contribution in [0, 0.1) is 0 Å². The third-order valence-electron chi connectivity index (χ3n) is 4.30. The van der Waals surface area contributed by atoms with Crippen LogP contribution in [-0.2, 0) is 21.6 Å². The molecule has 32 heavy (non-hydrogen) atoms. The van der Waals surface area contributed by atoms with Gasteiger partial charge >= 0.3 is 0 Å². The number of nitrogens with one attached hydrogen (secondary N) is 2. The molecule has 0 spiro atoms. The van der Waals surface area contributed by atoms with E-state index < -0.39 is 9.84 Å². The van der Waals surface area contributed by atoms with Crippen LogP contribution in [0.2, 0.25) is 0 Å². The first-order valence-electron chi connectivity index (χ1n) is 9.70. The zero-order valence-corrected chi connectivity index (χ0v) is 19.0. The molecule has 1 unspecified atom stereocenters. The van der Waals surface area contributed by atoms with E-state index in [9.17, 15) is 13.2 Å². The van der Waals surface area contributed by atoms with E-state index in [1.807, 2.05) is 6.92 Å². The molecule has 0 aliphatic heterocycles. The summed E-state index contributed by atoms with van der Waals surface area (Å²) in [5, 5.41) is 10.0. The highest BCUT2D eigenvalue weighted by atomic mass is 32.2. The van der Waals surface area contributed by atoms with Crippen molar-refractivity contribution >= 4 is 27.4 Å². The number of benzene rings is 1. The molecule has 0 saturated heterocycles. The lowest BCUT2D eigenvalue weighted by Crippen LogP contribution is -2.22. The van der Waals surface area contributed by atoms with E-state index in [2.05, 4.69) is 20.7 Å². The number of ether oxygens (including phenoxy) is 2. The van der Waals surface area contributed by atoms with Crippen LogP contribution in [0.3, 0.4) is 0 Å². The standard InChI is InChI=1S/C21H25N5O5S/c1-14(13-30-3)22-19-11-15(21(27)24-18-9-10-26(2)25-18)12-20(23-19)31-16-5-7-17(8-6-16)32(4,28)29/h5-12,14H,13H2,1-4H3,(H,22,23)(H,24,25,27). The molecule has 0 saturated carbocycles. The monoisotopic (exact) mass is 459 g/mol. The number of carbonyl (C=O) groups is 1. The number of sulfone groups is 1. The second kappa shape index (κ2) is 9.79. The summed E-state index contributed by atoms with van der Waals surface area (Å²) in [5.41, 5.74) is 0.306. The first-order valence-corrected chi connectivity index (χ1v) is 11.6. The molecule has 1 aromatic carbocycles. The fraction of sp³-hybridized carbons (Fsp3) is 0.286. The lowest BCUT2D eigenvalue weighted by molar-refractivity contribution is 0.102. The smallest absolute Gasteiger partial charge is 0.257 e. The van der Waals surface area contributed by atoms with Crippen LogP contribution < -0.4 is 15.4 Å². The van der Waals surface area contributed by atoms with E-state index in [0.29, 0.717) is 29.6 Å². The maximum Gasteiger partial charge on any atom is 0.257 e. The summed E-state index contributed by atoms with van der Waals surface area (Å²) in [4.78, 5) is 17.4. The summed E-state index contributed by atoms with van der Waals surface area (Å²) < 4.78 is 35.8. The number of pyridine rings is 1. The van der Waals surface area contributed by atoms with Crippen LogP contribution in [0.1, 0.15) is 17.3 Å². The quantitative estimate of drug-likeness (QED) is 0.500. The highest BCUT2D eigenvalue weighted by molar-refractivity contribution is 7.90. The van der Waals surface area contributed by atoms with Crippen LogP contribution in [0.25, 0.3) is 0 Å². The van der Waals surface area contributed by atoms with Gasteiger partial charge < -0.3 is 20.1 Å². The van der Waals surface area contributed by atoms with Crippen molar-refractivity contribution in [3.63, 3.8) is 0 Å². The van der Waals surface area contributed by atoms with Gasteiger partial charge in [0.1, 0.15) is 11.6 Å². The third-order valence-corrected chi connectivity index (χ3v) is 5.43. The average Bonchev–Trinajstić information content (AvgIpc) is 3.12. The van der Waals surface area contributed by atoms with E-state index in [1.165, 1.54) is 30.3 Å². The predicted molar refractivity (Wildman–Crippen MR) is 120 cm³/mol. The SMILES string of the molecule is COCC(C)Nc1cc(C(=O)Nc2ccn(C)n2)cc(Oc2ccc(S(C)(=O)=O)cc2)n1. The minimum Gasteiger partial charge on any atom is -0.439 e. The Hall–Kier alpha value is -3.44. The number of amides is 1. The number of hydrogen-bond acceptors (Lipinski definition) is 8. The molecule has 3 rings (SSSR count). The third kappa shape index (κ3) is 6.28. The Labute approximate surface area is 186 Å². The number of rotatable bonds is 9. The van der Waals surface area contributed by atoms with Crippen LogP contribution in [0.4, 0.5) is 11.6 Å². The van der Waals surface area contributed by atoms with Crippen molar-refractivity contribution < 1.29 is 22.7 Å². The van der Waals surface area contributed by atoms with Crippen molar-refractivity contribution in [2.24, 2.45) is 7.05 Å². The topological polar surface area (TPSA) is 124 Å². The molecule has 10 nitrogen and oxygen atoms in total. The highest BCUT2D eigenvalue weighted by Crippen LogP contribution is 2.25. The van der Waals surface area contributed by atoms with Crippen molar-refractivity contribution in [3.05, 3.63) is 54.2 Å². The molecule has 0 aliphatic rings. The summed E-state index contributed by atoms with van der Waals surface area (Å²) >= 11 is 0. The molecule has 3 aromatic rings. The maximum absolute atomic E-state index is 12.8. The second-order valence-corrected chi connectivity index (χ2v) is 9.27. The molecule has 2 aromatic heterocycles. The first kappa shape index (κ1) is 23.2. The predicted octanol–water partition coefficient (Wildman–Crippen LogP) is 2.71. The number of hydrogen-bond donors (Lipinski definition) is 2.